The molecule has 0 radical (unpaired) electrons. The van der Waals surface area contributed by atoms with Gasteiger partial charge in [0.15, 0.2) is 0 Å². The minimum absolute atomic E-state index is 0.0103. The van der Waals surface area contributed by atoms with Crippen molar-refractivity contribution in [3.8, 4) is 11.8 Å². The summed E-state index contributed by atoms with van der Waals surface area (Å²) in [5, 5.41) is 33.5. The van der Waals surface area contributed by atoms with Gasteiger partial charge in [-0.1, -0.05) is 12.1 Å². The highest BCUT2D eigenvalue weighted by Gasteiger charge is 2.13. The van der Waals surface area contributed by atoms with E-state index in [-0.39, 0.29) is 29.2 Å². The normalized spacial score (nSPS) is 10.8. The maximum Gasteiger partial charge on any atom is 0.271 e. The highest BCUT2D eigenvalue weighted by molar-refractivity contribution is 9.10. The van der Waals surface area contributed by atoms with Crippen molar-refractivity contribution in [2.75, 3.05) is 5.32 Å². The number of nitrogens with zero attached hydrogens (tertiary/aromatic N) is 3. The number of amides is 1. The zero-order chi connectivity index (χ0) is 24.7. The summed E-state index contributed by atoms with van der Waals surface area (Å²) in [4.78, 5) is 33.0. The molecule has 0 aliphatic carbocycles. The van der Waals surface area contributed by atoms with Crippen LogP contribution in [0.25, 0.3) is 6.08 Å². The van der Waals surface area contributed by atoms with Crippen molar-refractivity contribution >= 4 is 45.0 Å². The van der Waals surface area contributed by atoms with E-state index in [9.17, 15) is 30.3 Å². The third-order valence-electron chi connectivity index (χ3n) is 4.49. The number of ether oxygens (including phenoxy) is 1. The van der Waals surface area contributed by atoms with E-state index in [4.69, 9.17) is 4.74 Å². The first-order valence-corrected chi connectivity index (χ1v) is 10.4. The standard InChI is InChI=1S/C23H15BrN4O6/c24-21-11-16(6-9-22(21)34-14-15-4-7-19(8-5-15)27(30)31)10-17(13-25)23(29)26-18-2-1-3-20(12-18)28(32)33/h1-12H,14H2,(H,26,29)/b17-10+. The van der Waals surface area contributed by atoms with E-state index in [2.05, 4.69) is 21.2 Å². The third-order valence-corrected chi connectivity index (χ3v) is 5.11. The Labute approximate surface area is 201 Å². The summed E-state index contributed by atoms with van der Waals surface area (Å²) >= 11 is 3.38. The van der Waals surface area contributed by atoms with Crippen LogP contribution in [0.1, 0.15) is 11.1 Å². The van der Waals surface area contributed by atoms with Crippen LogP contribution in [0.4, 0.5) is 17.1 Å². The molecule has 10 nitrogen and oxygen atoms in total. The number of non-ortho nitro benzene ring substituents is 2. The maximum absolute atomic E-state index is 12.5. The molecule has 34 heavy (non-hydrogen) atoms. The van der Waals surface area contributed by atoms with Gasteiger partial charge in [-0.05, 0) is 63.5 Å². The first-order valence-electron chi connectivity index (χ1n) is 9.60. The van der Waals surface area contributed by atoms with Gasteiger partial charge in [-0.2, -0.15) is 5.26 Å². The molecule has 0 aliphatic heterocycles. The number of nitrogens with one attached hydrogen (secondary N) is 1. The van der Waals surface area contributed by atoms with E-state index in [0.717, 1.165) is 5.56 Å². The number of nitro groups is 2. The van der Waals surface area contributed by atoms with Crippen molar-refractivity contribution in [2.45, 2.75) is 6.61 Å². The number of rotatable bonds is 8. The summed E-state index contributed by atoms with van der Waals surface area (Å²) in [6.07, 6.45) is 1.37. The molecule has 3 rings (SSSR count). The number of anilines is 1. The third kappa shape index (κ3) is 6.24. The molecule has 0 aromatic heterocycles. The van der Waals surface area contributed by atoms with Crippen LogP contribution in [0.2, 0.25) is 0 Å². The number of benzene rings is 3. The molecule has 0 bridgehead atoms. The average Bonchev–Trinajstić information content (AvgIpc) is 2.82. The Morgan fingerprint density at radius 2 is 1.74 bits per heavy atom. The molecule has 0 unspecified atom stereocenters. The summed E-state index contributed by atoms with van der Waals surface area (Å²) in [5.74, 6) is -0.215. The van der Waals surface area contributed by atoms with E-state index < -0.39 is 15.8 Å². The molecular weight excluding hydrogens is 508 g/mol. The molecule has 0 spiro atoms. The Morgan fingerprint density at radius 1 is 1.03 bits per heavy atom. The van der Waals surface area contributed by atoms with Gasteiger partial charge < -0.3 is 10.1 Å². The van der Waals surface area contributed by atoms with Crippen molar-refractivity contribution in [3.63, 3.8) is 0 Å². The Kier molecular flexibility index (Phi) is 7.68. The quantitative estimate of drug-likeness (QED) is 0.180. The lowest BCUT2D eigenvalue weighted by Crippen LogP contribution is -2.13. The highest BCUT2D eigenvalue weighted by atomic mass is 79.9. The van der Waals surface area contributed by atoms with Gasteiger partial charge in [-0.25, -0.2) is 0 Å². The topological polar surface area (TPSA) is 148 Å². The van der Waals surface area contributed by atoms with Crippen molar-refractivity contribution in [1.82, 2.24) is 0 Å². The van der Waals surface area contributed by atoms with Gasteiger partial charge in [0.2, 0.25) is 0 Å². The number of hydrogen-bond donors (Lipinski definition) is 1. The summed E-state index contributed by atoms with van der Waals surface area (Å²) in [6, 6.07) is 18.1. The summed E-state index contributed by atoms with van der Waals surface area (Å²) in [5.41, 5.74) is 1.08. The van der Waals surface area contributed by atoms with Crippen molar-refractivity contribution in [2.24, 2.45) is 0 Å². The predicted molar refractivity (Wildman–Crippen MR) is 127 cm³/mol. The van der Waals surface area contributed by atoms with Gasteiger partial charge >= 0.3 is 0 Å². The highest BCUT2D eigenvalue weighted by Crippen LogP contribution is 2.28. The molecule has 170 valence electrons. The van der Waals surface area contributed by atoms with Gasteiger partial charge in [0, 0.05) is 30.0 Å². The van der Waals surface area contributed by atoms with Crippen LogP contribution < -0.4 is 10.1 Å². The summed E-state index contributed by atoms with van der Waals surface area (Å²) in [6.45, 7) is 0.181. The first kappa shape index (κ1) is 24.1. The first-order chi connectivity index (χ1) is 16.3. The van der Waals surface area contributed by atoms with Gasteiger partial charge in [-0.3, -0.25) is 25.0 Å². The molecule has 0 aliphatic rings. The minimum Gasteiger partial charge on any atom is -0.488 e. The largest absolute Gasteiger partial charge is 0.488 e. The van der Waals surface area contributed by atoms with Crippen LogP contribution in [0.15, 0.2) is 76.8 Å². The molecule has 3 aromatic rings. The van der Waals surface area contributed by atoms with E-state index in [1.165, 1.54) is 42.5 Å². The molecule has 1 amide bonds. The Morgan fingerprint density at radius 3 is 2.35 bits per heavy atom. The molecule has 3 aromatic carbocycles. The molecule has 0 heterocycles. The second-order valence-electron chi connectivity index (χ2n) is 6.83. The van der Waals surface area contributed by atoms with Gasteiger partial charge in [0.25, 0.3) is 17.3 Å². The zero-order valence-corrected chi connectivity index (χ0v) is 18.9. The minimum atomic E-state index is -0.711. The van der Waals surface area contributed by atoms with E-state index in [1.807, 2.05) is 6.07 Å². The Bertz CT molecular complexity index is 1330. The fourth-order valence-electron chi connectivity index (χ4n) is 2.81. The monoisotopic (exact) mass is 522 g/mol. The number of carbonyl (C=O) groups is 1. The van der Waals surface area contributed by atoms with Crippen molar-refractivity contribution in [3.05, 3.63) is 108 Å². The zero-order valence-electron chi connectivity index (χ0n) is 17.3. The van der Waals surface area contributed by atoms with E-state index in [1.54, 1.807) is 30.3 Å². The number of halogens is 1. The summed E-state index contributed by atoms with van der Waals surface area (Å²) in [7, 11) is 0. The fourth-order valence-corrected chi connectivity index (χ4v) is 3.32. The SMILES string of the molecule is N#C/C(=C\c1ccc(OCc2ccc([N+](=O)[O-])cc2)c(Br)c1)C(=O)Nc1cccc([N+](=O)[O-])c1. The van der Waals surface area contributed by atoms with Crippen LogP contribution >= 0.6 is 15.9 Å². The van der Waals surface area contributed by atoms with Gasteiger partial charge in [0.1, 0.15) is 24.0 Å². The molecule has 0 fully saturated rings. The number of carbonyl (C=O) groups excluding carboxylic acids is 1. The molecular formula is C23H15BrN4O6. The van der Waals surface area contributed by atoms with Crippen molar-refractivity contribution < 1.29 is 19.4 Å². The lowest BCUT2D eigenvalue weighted by atomic mass is 10.1. The lowest BCUT2D eigenvalue weighted by Gasteiger charge is -2.09. The molecule has 0 saturated carbocycles. The molecule has 0 atom stereocenters. The number of nitriles is 1. The predicted octanol–water partition coefficient (Wildman–Crippen LogP) is 5.39. The molecule has 1 N–H and O–H groups in total. The second-order valence-corrected chi connectivity index (χ2v) is 7.69. The van der Waals surface area contributed by atoms with E-state index >= 15 is 0 Å². The maximum atomic E-state index is 12.5. The molecule has 11 heteroatoms. The number of nitro benzene ring substituents is 2. The van der Waals surface area contributed by atoms with Crippen LogP contribution in [-0.2, 0) is 11.4 Å². The van der Waals surface area contributed by atoms with Crippen LogP contribution in [0.3, 0.4) is 0 Å². The van der Waals surface area contributed by atoms with Crippen LogP contribution in [0.5, 0.6) is 5.75 Å². The Balaban J connectivity index is 1.69. The van der Waals surface area contributed by atoms with Gasteiger partial charge in [0.05, 0.1) is 14.3 Å². The average molecular weight is 523 g/mol. The second kappa shape index (κ2) is 10.8. The van der Waals surface area contributed by atoms with Gasteiger partial charge in [-0.15, -0.1) is 0 Å². The van der Waals surface area contributed by atoms with E-state index in [0.29, 0.717) is 15.8 Å². The Hall–Kier alpha value is -4.56. The van der Waals surface area contributed by atoms with Crippen molar-refractivity contribution in [1.29, 1.82) is 5.26 Å². The fraction of sp³-hybridized carbons (Fsp3) is 0.0435. The lowest BCUT2D eigenvalue weighted by molar-refractivity contribution is -0.385. The van der Waals surface area contributed by atoms with Crippen LogP contribution in [0, 0.1) is 31.6 Å². The smallest absolute Gasteiger partial charge is 0.271 e. The molecule has 0 saturated heterocycles. The summed E-state index contributed by atoms with van der Waals surface area (Å²) < 4.78 is 6.30. The van der Waals surface area contributed by atoms with Crippen LogP contribution in [-0.4, -0.2) is 15.8 Å². The number of hydrogen-bond acceptors (Lipinski definition) is 7.